The molecule has 0 nitrogen and oxygen atoms in total. The van der Waals surface area contributed by atoms with Gasteiger partial charge in [-0.05, 0) is 0 Å². The Bertz CT molecular complexity index is 80.4. The molecule has 0 aromatic carbocycles. The third kappa shape index (κ3) is 7.59. The number of halogens is 4. The topological polar surface area (TPSA) is 0 Å². The average molecular weight is 364 g/mol. The second-order valence-corrected chi connectivity index (χ2v) is 27.8. The van der Waals surface area contributed by atoms with Gasteiger partial charge in [0.1, 0.15) is 0 Å². The summed E-state index contributed by atoms with van der Waals surface area (Å²) in [5.41, 5.74) is 0. The molecule has 0 radical (unpaired) electrons. The molecule has 0 aliphatic rings. The van der Waals surface area contributed by atoms with E-state index in [0.717, 1.165) is 0 Å². The summed E-state index contributed by atoms with van der Waals surface area (Å²) in [6.45, 7) is 3.26. The molecular formula is C2H3Cl4Pt. The molecule has 5 heteroatoms. The van der Waals surface area contributed by atoms with E-state index in [4.69, 9.17) is 37.7 Å². The fourth-order valence-corrected chi connectivity index (χ4v) is 0. The molecule has 0 rings (SSSR count). The molecule has 0 fully saturated rings. The van der Waals surface area contributed by atoms with E-state index >= 15 is 0 Å². The predicted octanol–water partition coefficient (Wildman–Crippen LogP) is 3.43. The van der Waals surface area contributed by atoms with Crippen LogP contribution >= 0.6 is 37.7 Å². The predicted molar refractivity (Wildman–Crippen MR) is 33.6 cm³/mol. The van der Waals surface area contributed by atoms with Crippen LogP contribution in [0.3, 0.4) is 0 Å². The number of rotatable bonds is 1. The zero-order valence-corrected chi connectivity index (χ0v) is 8.41. The minimum atomic E-state index is -3.95. The van der Waals surface area contributed by atoms with E-state index in [1.54, 1.807) is 0 Å². The summed E-state index contributed by atoms with van der Waals surface area (Å²) < 4.78 is 1.21. The first-order chi connectivity index (χ1) is 2.81. The molecule has 0 atom stereocenters. The van der Waals surface area contributed by atoms with Crippen molar-refractivity contribution < 1.29 is 10.6 Å². The SMILES string of the molecule is C=[CH][Pt]([Cl])([Cl])([Cl])[Cl]. The van der Waals surface area contributed by atoms with Gasteiger partial charge < -0.3 is 0 Å². The van der Waals surface area contributed by atoms with Crippen molar-refractivity contribution in [2.24, 2.45) is 0 Å². The van der Waals surface area contributed by atoms with E-state index in [0.29, 0.717) is 0 Å². The Hall–Kier alpha value is 1.59. The third-order valence-electron chi connectivity index (χ3n) is 0.195. The monoisotopic (exact) mass is 362 g/mol. The van der Waals surface area contributed by atoms with Crippen LogP contribution in [0.25, 0.3) is 0 Å². The van der Waals surface area contributed by atoms with Gasteiger partial charge in [0.2, 0.25) is 0 Å². The van der Waals surface area contributed by atoms with Crippen LogP contribution in [0.1, 0.15) is 0 Å². The molecule has 0 saturated carbocycles. The summed E-state index contributed by atoms with van der Waals surface area (Å²) in [7, 11) is 17.4. The first kappa shape index (κ1) is 8.59. The van der Waals surface area contributed by atoms with Gasteiger partial charge in [-0.1, -0.05) is 0 Å². The van der Waals surface area contributed by atoms with Crippen molar-refractivity contribution in [2.45, 2.75) is 0 Å². The molecule has 0 heterocycles. The molecule has 0 aliphatic carbocycles. The van der Waals surface area contributed by atoms with Crippen molar-refractivity contribution in [3.8, 4) is 0 Å². The fourth-order valence-electron chi connectivity index (χ4n) is 0. The summed E-state index contributed by atoms with van der Waals surface area (Å²) in [4.78, 5) is 0. The molecule has 0 saturated heterocycles. The van der Waals surface area contributed by atoms with Crippen LogP contribution in [0.5, 0.6) is 0 Å². The molecule has 0 N–H and O–H groups in total. The van der Waals surface area contributed by atoms with Crippen LogP contribution in [0.4, 0.5) is 0 Å². The van der Waals surface area contributed by atoms with Crippen LogP contribution in [0, 0.1) is 0 Å². The van der Waals surface area contributed by atoms with E-state index in [1.165, 1.54) is 4.47 Å². The van der Waals surface area contributed by atoms with Crippen molar-refractivity contribution in [1.82, 2.24) is 0 Å². The second-order valence-electron chi connectivity index (χ2n) is 0.676. The summed E-state index contributed by atoms with van der Waals surface area (Å²) in [6, 6.07) is 0. The van der Waals surface area contributed by atoms with Crippen molar-refractivity contribution in [3.05, 3.63) is 11.0 Å². The van der Waals surface area contributed by atoms with Gasteiger partial charge in [0.05, 0.1) is 0 Å². The van der Waals surface area contributed by atoms with Crippen LogP contribution in [-0.4, -0.2) is 0 Å². The Morgan fingerprint density at radius 2 is 1.29 bits per heavy atom. The Labute approximate surface area is 58.9 Å². The summed E-state index contributed by atoms with van der Waals surface area (Å²) in [5.74, 6) is 0. The third-order valence-corrected chi connectivity index (χ3v) is 4.79. The Morgan fingerprint density at radius 3 is 1.29 bits per heavy atom. The summed E-state index contributed by atoms with van der Waals surface area (Å²) >= 11 is 0. The first-order valence-corrected chi connectivity index (χ1v) is 13.6. The zero-order valence-electron chi connectivity index (χ0n) is 3.11. The van der Waals surface area contributed by atoms with Crippen LogP contribution in [0.2, 0.25) is 0 Å². The fraction of sp³-hybridized carbons (Fsp3) is 0. The summed E-state index contributed by atoms with van der Waals surface area (Å²) in [6.07, 6.45) is 0. The molecule has 0 unspecified atom stereocenters. The van der Waals surface area contributed by atoms with E-state index in [9.17, 15) is 0 Å². The molecule has 0 aromatic rings. The van der Waals surface area contributed by atoms with Crippen LogP contribution in [0.15, 0.2) is 11.0 Å². The van der Waals surface area contributed by atoms with Crippen molar-refractivity contribution in [2.75, 3.05) is 0 Å². The minimum absolute atomic E-state index is 1.21. The Balaban J connectivity index is 4.10. The van der Waals surface area contributed by atoms with Gasteiger partial charge in [-0.25, -0.2) is 0 Å². The summed E-state index contributed by atoms with van der Waals surface area (Å²) in [5, 5.41) is 0. The van der Waals surface area contributed by atoms with E-state index in [1.807, 2.05) is 0 Å². The van der Waals surface area contributed by atoms with E-state index in [-0.39, 0.29) is 0 Å². The molecule has 49 valence electrons. The Morgan fingerprint density at radius 1 is 1.14 bits per heavy atom. The molecular weight excluding hydrogens is 361 g/mol. The van der Waals surface area contributed by atoms with Crippen molar-refractivity contribution >= 4 is 37.7 Å². The quantitative estimate of drug-likeness (QED) is 0.669. The molecule has 0 aliphatic heterocycles. The van der Waals surface area contributed by atoms with Gasteiger partial charge in [0.25, 0.3) is 0 Å². The van der Waals surface area contributed by atoms with Crippen molar-refractivity contribution in [1.29, 1.82) is 0 Å². The zero-order chi connectivity index (χ0) is 6.15. The molecule has 0 spiro atoms. The standard InChI is InChI=1S/C2H3.4ClH.Pt/c1-2;;;;;/h1H,2H2;4*1H;/q;;;;;+4/p-4. The maximum atomic E-state index is 5.34. The molecule has 7 heavy (non-hydrogen) atoms. The second kappa shape index (κ2) is 2.08. The van der Waals surface area contributed by atoms with E-state index < -0.39 is 10.6 Å². The van der Waals surface area contributed by atoms with Gasteiger partial charge in [-0.15, -0.1) is 0 Å². The normalized spacial score (nSPS) is 17.4. The maximum absolute atomic E-state index is 5.34. The van der Waals surface area contributed by atoms with Crippen LogP contribution < -0.4 is 0 Å². The average Bonchev–Trinajstić information content (AvgIpc) is 1.32. The van der Waals surface area contributed by atoms with Gasteiger partial charge in [0.15, 0.2) is 0 Å². The first-order valence-electron chi connectivity index (χ1n) is 1.07. The van der Waals surface area contributed by atoms with Crippen molar-refractivity contribution in [3.63, 3.8) is 0 Å². The van der Waals surface area contributed by atoms with Gasteiger partial charge in [0, 0.05) is 0 Å². The molecule has 0 bridgehead atoms. The van der Waals surface area contributed by atoms with Gasteiger partial charge >= 0.3 is 59.4 Å². The number of hydrogen-bond donors (Lipinski definition) is 0. The van der Waals surface area contributed by atoms with Gasteiger partial charge in [-0.2, -0.15) is 0 Å². The van der Waals surface area contributed by atoms with Crippen LogP contribution in [-0.2, 0) is 10.6 Å². The number of hydrogen-bond acceptors (Lipinski definition) is 0. The van der Waals surface area contributed by atoms with E-state index in [2.05, 4.69) is 6.58 Å². The molecule has 0 amide bonds. The molecule has 0 aromatic heterocycles. The Kier molecular flexibility index (Phi) is 2.55. The van der Waals surface area contributed by atoms with Gasteiger partial charge in [-0.3, -0.25) is 0 Å².